The first-order valence-corrected chi connectivity index (χ1v) is 8.60. The normalized spacial score (nSPS) is 16.3. The molecule has 0 unspecified atom stereocenters. The minimum absolute atomic E-state index is 0.274. The predicted molar refractivity (Wildman–Crippen MR) is 98.1 cm³/mol. The fraction of sp³-hybridized carbons (Fsp3) is 0.421. The first-order valence-electron chi connectivity index (χ1n) is 8.60. The quantitative estimate of drug-likeness (QED) is 0.846. The molecule has 0 spiro atoms. The Hall–Kier alpha value is -2.67. The first kappa shape index (κ1) is 18.1. The molecule has 0 aliphatic carbocycles. The highest BCUT2D eigenvalue weighted by Gasteiger charge is 2.41. The summed E-state index contributed by atoms with van der Waals surface area (Å²) in [6.07, 6.45) is 1.27. The summed E-state index contributed by atoms with van der Waals surface area (Å²) in [7, 11) is 3.18. The van der Waals surface area contributed by atoms with Crippen LogP contribution in [0.3, 0.4) is 0 Å². The molecule has 138 valence electrons. The van der Waals surface area contributed by atoms with Gasteiger partial charge in [0.25, 0.3) is 0 Å². The van der Waals surface area contributed by atoms with Gasteiger partial charge in [0.15, 0.2) is 5.82 Å². The van der Waals surface area contributed by atoms with Crippen LogP contribution in [-0.4, -0.2) is 43.2 Å². The molecule has 0 saturated carbocycles. The fourth-order valence-corrected chi connectivity index (χ4v) is 3.47. The van der Waals surface area contributed by atoms with E-state index < -0.39 is 5.41 Å². The number of methoxy groups -OCH3 is 2. The Kier molecular flexibility index (Phi) is 5.37. The molecule has 7 heteroatoms. The molecule has 1 aliphatic rings. The van der Waals surface area contributed by atoms with Crippen LogP contribution in [0.4, 0.5) is 5.82 Å². The maximum absolute atomic E-state index is 12.3. The number of primary amides is 1. The van der Waals surface area contributed by atoms with E-state index >= 15 is 0 Å². The monoisotopic (exact) mass is 356 g/mol. The lowest BCUT2D eigenvalue weighted by Gasteiger charge is -2.40. The zero-order valence-corrected chi connectivity index (χ0v) is 15.1. The maximum atomic E-state index is 12.3. The molecule has 2 aromatic rings. The molecule has 3 rings (SSSR count). The van der Waals surface area contributed by atoms with Crippen molar-refractivity contribution < 1.29 is 14.3 Å². The Morgan fingerprint density at radius 3 is 2.46 bits per heavy atom. The molecule has 1 aliphatic heterocycles. The van der Waals surface area contributed by atoms with E-state index in [1.54, 1.807) is 20.3 Å². The number of benzene rings is 1. The van der Waals surface area contributed by atoms with E-state index in [1.165, 1.54) is 0 Å². The van der Waals surface area contributed by atoms with Gasteiger partial charge in [0.05, 0.1) is 12.5 Å². The number of rotatable bonds is 6. The third kappa shape index (κ3) is 3.48. The summed E-state index contributed by atoms with van der Waals surface area (Å²) in [6.45, 7) is 1.65. The molecule has 1 saturated heterocycles. The number of carbonyl (C=O) groups excluding carboxylic acids is 1. The first-order chi connectivity index (χ1) is 12.6. The van der Waals surface area contributed by atoms with Gasteiger partial charge in [-0.25, -0.2) is 4.98 Å². The van der Waals surface area contributed by atoms with Crippen molar-refractivity contribution in [2.24, 2.45) is 5.73 Å². The molecule has 26 heavy (non-hydrogen) atoms. The highest BCUT2D eigenvalue weighted by Crippen LogP contribution is 2.36. The summed E-state index contributed by atoms with van der Waals surface area (Å²) >= 11 is 0. The Morgan fingerprint density at radius 1 is 1.19 bits per heavy atom. The van der Waals surface area contributed by atoms with Crippen molar-refractivity contribution in [1.29, 1.82) is 0 Å². The second-order valence-corrected chi connectivity index (χ2v) is 6.42. The van der Waals surface area contributed by atoms with E-state index in [0.717, 1.165) is 11.4 Å². The van der Waals surface area contributed by atoms with E-state index in [0.29, 0.717) is 44.2 Å². The average Bonchev–Trinajstić information content (AvgIpc) is 2.68. The number of carbonyl (C=O) groups is 1. The van der Waals surface area contributed by atoms with E-state index in [2.05, 4.69) is 14.9 Å². The summed E-state index contributed by atoms with van der Waals surface area (Å²) in [5.41, 5.74) is 6.15. The van der Waals surface area contributed by atoms with Gasteiger partial charge in [0.2, 0.25) is 11.8 Å². The van der Waals surface area contributed by atoms with Crippen molar-refractivity contribution in [3.63, 3.8) is 0 Å². The number of amides is 1. The lowest BCUT2D eigenvalue weighted by Crippen LogP contribution is -2.50. The third-order valence-corrected chi connectivity index (χ3v) is 4.96. The number of aromatic nitrogens is 2. The van der Waals surface area contributed by atoms with Gasteiger partial charge in [0, 0.05) is 26.3 Å². The van der Waals surface area contributed by atoms with Gasteiger partial charge in [0.1, 0.15) is 12.4 Å². The van der Waals surface area contributed by atoms with Crippen LogP contribution in [-0.2, 0) is 21.6 Å². The second-order valence-electron chi connectivity index (χ2n) is 6.42. The van der Waals surface area contributed by atoms with Gasteiger partial charge in [-0.05, 0) is 18.4 Å². The number of hydrogen-bond acceptors (Lipinski definition) is 6. The number of hydrogen-bond donors (Lipinski definition) is 1. The number of piperidine rings is 1. The van der Waals surface area contributed by atoms with E-state index in [4.69, 9.17) is 15.2 Å². The molecule has 1 aromatic carbocycles. The van der Waals surface area contributed by atoms with Crippen LogP contribution in [0, 0.1) is 0 Å². The van der Waals surface area contributed by atoms with Gasteiger partial charge >= 0.3 is 0 Å². The fourth-order valence-electron chi connectivity index (χ4n) is 3.47. The number of ether oxygens (including phenoxy) is 2. The predicted octanol–water partition coefficient (Wildman–Crippen LogP) is 1.66. The topological polar surface area (TPSA) is 90.6 Å². The van der Waals surface area contributed by atoms with Crippen molar-refractivity contribution in [1.82, 2.24) is 9.97 Å². The smallest absolute Gasteiger partial charge is 0.228 e. The van der Waals surface area contributed by atoms with Crippen LogP contribution in [0.5, 0.6) is 5.88 Å². The molecule has 1 amide bonds. The highest BCUT2D eigenvalue weighted by atomic mass is 16.5. The Labute approximate surface area is 153 Å². The third-order valence-electron chi connectivity index (χ3n) is 4.96. The minimum atomic E-state index is -0.635. The Balaban J connectivity index is 1.83. The lowest BCUT2D eigenvalue weighted by molar-refractivity contribution is -0.124. The largest absolute Gasteiger partial charge is 0.481 e. The van der Waals surface area contributed by atoms with Gasteiger partial charge < -0.3 is 20.1 Å². The maximum Gasteiger partial charge on any atom is 0.228 e. The van der Waals surface area contributed by atoms with Gasteiger partial charge in [-0.15, -0.1) is 0 Å². The van der Waals surface area contributed by atoms with Crippen molar-refractivity contribution >= 4 is 11.7 Å². The summed E-state index contributed by atoms with van der Waals surface area (Å²) < 4.78 is 10.4. The molecule has 7 nitrogen and oxygen atoms in total. The zero-order chi connectivity index (χ0) is 18.6. The van der Waals surface area contributed by atoms with E-state index in [-0.39, 0.29) is 5.91 Å². The van der Waals surface area contributed by atoms with Crippen molar-refractivity contribution in [2.45, 2.75) is 24.9 Å². The summed E-state index contributed by atoms with van der Waals surface area (Å²) in [6, 6.07) is 11.6. The zero-order valence-electron chi connectivity index (χ0n) is 15.1. The van der Waals surface area contributed by atoms with Gasteiger partial charge in [-0.3, -0.25) is 4.79 Å². The van der Waals surface area contributed by atoms with Crippen LogP contribution < -0.4 is 15.4 Å². The number of nitrogens with zero attached hydrogens (tertiary/aromatic N) is 3. The minimum Gasteiger partial charge on any atom is -0.481 e. The highest BCUT2D eigenvalue weighted by molar-refractivity contribution is 5.87. The summed E-state index contributed by atoms with van der Waals surface area (Å²) in [5, 5.41) is 0. The molecule has 2 N–H and O–H groups in total. The van der Waals surface area contributed by atoms with Gasteiger partial charge in [-0.2, -0.15) is 4.98 Å². The summed E-state index contributed by atoms with van der Waals surface area (Å²) in [5.74, 6) is 1.56. The Morgan fingerprint density at radius 2 is 1.88 bits per heavy atom. The molecule has 1 aromatic heterocycles. The number of anilines is 1. The SMILES string of the molecule is COCc1nc(OC)cc(N2CCC(C(N)=O)(c3ccccc3)CC2)n1. The average molecular weight is 356 g/mol. The van der Waals surface area contributed by atoms with E-state index in [9.17, 15) is 4.79 Å². The van der Waals surface area contributed by atoms with E-state index in [1.807, 2.05) is 30.3 Å². The molecule has 2 heterocycles. The molecule has 0 radical (unpaired) electrons. The van der Waals surface area contributed by atoms with Crippen LogP contribution in [0.25, 0.3) is 0 Å². The van der Waals surface area contributed by atoms with Crippen molar-refractivity contribution in [2.75, 3.05) is 32.2 Å². The van der Waals surface area contributed by atoms with Crippen LogP contribution in [0.2, 0.25) is 0 Å². The second kappa shape index (κ2) is 7.70. The lowest BCUT2D eigenvalue weighted by atomic mass is 9.72. The molecule has 1 fully saturated rings. The summed E-state index contributed by atoms with van der Waals surface area (Å²) in [4.78, 5) is 23.3. The number of nitrogens with two attached hydrogens (primary N) is 1. The molecule has 0 bridgehead atoms. The van der Waals surface area contributed by atoms with Crippen molar-refractivity contribution in [3.05, 3.63) is 47.8 Å². The van der Waals surface area contributed by atoms with Gasteiger partial charge in [-0.1, -0.05) is 30.3 Å². The Bertz CT molecular complexity index is 759. The van der Waals surface area contributed by atoms with Crippen LogP contribution in [0.15, 0.2) is 36.4 Å². The standard InChI is InChI=1S/C19H24N4O3/c1-25-13-15-21-16(12-17(22-15)26-2)23-10-8-19(9-11-23,18(20)24)14-6-4-3-5-7-14/h3-7,12H,8-11,13H2,1-2H3,(H2,20,24). The van der Waals surface area contributed by atoms with Crippen molar-refractivity contribution in [3.8, 4) is 5.88 Å². The molecular weight excluding hydrogens is 332 g/mol. The molecule has 0 atom stereocenters. The van der Waals surface area contributed by atoms with Crippen LogP contribution >= 0.6 is 0 Å². The van der Waals surface area contributed by atoms with Crippen LogP contribution in [0.1, 0.15) is 24.2 Å². The molecular formula is C19H24N4O3.